The highest BCUT2D eigenvalue weighted by Crippen LogP contribution is 2.31. The number of aryl methyl sites for hydroxylation is 1. The van der Waals surface area contributed by atoms with Gasteiger partial charge in [-0.1, -0.05) is 56.7 Å². The van der Waals surface area contributed by atoms with Gasteiger partial charge in [0.25, 0.3) is 0 Å². The van der Waals surface area contributed by atoms with E-state index in [1.54, 1.807) is 0 Å². The van der Waals surface area contributed by atoms with E-state index in [1.165, 1.54) is 44.1 Å². The van der Waals surface area contributed by atoms with Gasteiger partial charge >= 0.3 is 0 Å². The average molecular weight is 280 g/mol. The van der Waals surface area contributed by atoms with Crippen molar-refractivity contribution in [2.24, 2.45) is 11.8 Å². The lowest BCUT2D eigenvalue weighted by Gasteiger charge is -2.26. The fourth-order valence-corrected chi connectivity index (χ4v) is 3.21. The third-order valence-electron chi connectivity index (χ3n) is 4.62. The van der Waals surface area contributed by atoms with E-state index >= 15 is 0 Å². The van der Waals surface area contributed by atoms with E-state index in [4.69, 9.17) is 0 Å². The Kier molecular flexibility index (Phi) is 6.61. The summed E-state index contributed by atoms with van der Waals surface area (Å²) in [4.78, 5) is 0. The predicted molar refractivity (Wildman–Crippen MR) is 92.2 cm³/mol. The molecule has 1 aliphatic carbocycles. The standard InChI is InChI=1S/C21H28/c1-3-7-19-14-16-21(17-15-19)9-6-5-8-20-12-10-18(4-2)11-13-20/h6,9-13,19,21H,3-4,7,14-17H2,1-2H3/b9-6+. The SMILES string of the molecule is CCCC1CCC(/C=C/C#Cc2ccc(CC)cc2)CC1. The van der Waals surface area contributed by atoms with Crippen LogP contribution >= 0.6 is 0 Å². The first kappa shape index (κ1) is 15.9. The Morgan fingerprint density at radius 1 is 1.05 bits per heavy atom. The molecule has 0 spiro atoms. The van der Waals surface area contributed by atoms with E-state index in [0.29, 0.717) is 0 Å². The zero-order valence-electron chi connectivity index (χ0n) is 13.6. The summed E-state index contributed by atoms with van der Waals surface area (Å²) < 4.78 is 0. The summed E-state index contributed by atoms with van der Waals surface area (Å²) in [5.41, 5.74) is 2.49. The second-order valence-corrected chi connectivity index (χ2v) is 6.25. The second-order valence-electron chi connectivity index (χ2n) is 6.25. The molecule has 0 aromatic heterocycles. The summed E-state index contributed by atoms with van der Waals surface area (Å²) in [6.07, 6.45) is 13.8. The smallest absolute Gasteiger partial charge is 0.0249 e. The molecule has 1 saturated carbocycles. The largest absolute Gasteiger partial charge is 0.0730 e. The van der Waals surface area contributed by atoms with Gasteiger partial charge in [0.2, 0.25) is 0 Å². The molecule has 0 saturated heterocycles. The van der Waals surface area contributed by atoms with Gasteiger partial charge in [0.1, 0.15) is 0 Å². The molecule has 0 amide bonds. The molecular formula is C21H28. The molecule has 0 unspecified atom stereocenters. The normalized spacial score (nSPS) is 22.0. The molecular weight excluding hydrogens is 252 g/mol. The second kappa shape index (κ2) is 8.73. The van der Waals surface area contributed by atoms with Gasteiger partial charge in [-0.25, -0.2) is 0 Å². The van der Waals surface area contributed by atoms with Crippen LogP contribution in [0.15, 0.2) is 36.4 Å². The Morgan fingerprint density at radius 3 is 2.38 bits per heavy atom. The van der Waals surface area contributed by atoms with Crippen LogP contribution in [-0.4, -0.2) is 0 Å². The number of allylic oxidation sites excluding steroid dienone is 2. The number of rotatable bonds is 4. The molecule has 0 bridgehead atoms. The van der Waals surface area contributed by atoms with Gasteiger partial charge in [-0.2, -0.15) is 0 Å². The monoisotopic (exact) mass is 280 g/mol. The van der Waals surface area contributed by atoms with Gasteiger partial charge in [-0.05, 0) is 67.7 Å². The maximum Gasteiger partial charge on any atom is 0.0249 e. The summed E-state index contributed by atoms with van der Waals surface area (Å²) in [5.74, 6) is 8.17. The highest BCUT2D eigenvalue weighted by Gasteiger charge is 2.18. The molecule has 0 N–H and O–H groups in total. The zero-order valence-corrected chi connectivity index (χ0v) is 13.6. The van der Waals surface area contributed by atoms with Crippen molar-refractivity contribution in [1.29, 1.82) is 0 Å². The topological polar surface area (TPSA) is 0 Å². The molecule has 0 nitrogen and oxygen atoms in total. The van der Waals surface area contributed by atoms with Crippen molar-refractivity contribution in [1.82, 2.24) is 0 Å². The van der Waals surface area contributed by atoms with Crippen LogP contribution in [0.3, 0.4) is 0 Å². The molecule has 0 heteroatoms. The maximum atomic E-state index is 3.23. The van der Waals surface area contributed by atoms with Gasteiger partial charge < -0.3 is 0 Å². The fourth-order valence-electron chi connectivity index (χ4n) is 3.21. The minimum atomic E-state index is 0.759. The van der Waals surface area contributed by atoms with Crippen LogP contribution < -0.4 is 0 Å². The van der Waals surface area contributed by atoms with Crippen molar-refractivity contribution in [2.45, 2.75) is 58.8 Å². The van der Waals surface area contributed by atoms with Gasteiger partial charge in [0.05, 0.1) is 0 Å². The molecule has 0 radical (unpaired) electrons. The Labute approximate surface area is 130 Å². The number of hydrogen-bond donors (Lipinski definition) is 0. The van der Waals surface area contributed by atoms with E-state index in [9.17, 15) is 0 Å². The maximum absolute atomic E-state index is 3.23. The van der Waals surface area contributed by atoms with Gasteiger partial charge in [-0.15, -0.1) is 0 Å². The molecule has 2 rings (SSSR count). The quantitative estimate of drug-likeness (QED) is 0.615. The van der Waals surface area contributed by atoms with E-state index in [0.717, 1.165) is 23.8 Å². The first-order valence-corrected chi connectivity index (χ1v) is 8.59. The molecule has 0 atom stereocenters. The lowest BCUT2D eigenvalue weighted by atomic mass is 9.80. The molecule has 1 fully saturated rings. The molecule has 112 valence electrons. The van der Waals surface area contributed by atoms with Crippen LogP contribution in [0.25, 0.3) is 0 Å². The minimum Gasteiger partial charge on any atom is -0.0730 e. The lowest BCUT2D eigenvalue weighted by Crippen LogP contribution is -2.12. The number of hydrogen-bond acceptors (Lipinski definition) is 0. The van der Waals surface area contributed by atoms with Gasteiger partial charge in [-0.3, -0.25) is 0 Å². The van der Waals surface area contributed by atoms with Crippen LogP contribution in [-0.2, 0) is 6.42 Å². The van der Waals surface area contributed by atoms with Crippen LogP contribution in [0.2, 0.25) is 0 Å². The molecule has 21 heavy (non-hydrogen) atoms. The first-order chi connectivity index (χ1) is 10.3. The van der Waals surface area contributed by atoms with E-state index in [-0.39, 0.29) is 0 Å². The van der Waals surface area contributed by atoms with Crippen molar-refractivity contribution < 1.29 is 0 Å². The zero-order chi connectivity index (χ0) is 14.9. The molecule has 0 heterocycles. The van der Waals surface area contributed by atoms with Crippen molar-refractivity contribution in [2.75, 3.05) is 0 Å². The fraction of sp³-hybridized carbons (Fsp3) is 0.524. The van der Waals surface area contributed by atoms with Crippen molar-refractivity contribution in [3.8, 4) is 11.8 Å². The summed E-state index contributed by atoms with van der Waals surface area (Å²) in [5, 5.41) is 0. The van der Waals surface area contributed by atoms with Crippen LogP contribution in [0.5, 0.6) is 0 Å². The average Bonchev–Trinajstić information content (AvgIpc) is 2.54. The van der Waals surface area contributed by atoms with Crippen LogP contribution in [0.4, 0.5) is 0 Å². The minimum absolute atomic E-state index is 0.759. The van der Waals surface area contributed by atoms with Crippen molar-refractivity contribution in [3.63, 3.8) is 0 Å². The summed E-state index contributed by atoms with van der Waals surface area (Å²) >= 11 is 0. The summed E-state index contributed by atoms with van der Waals surface area (Å²) in [6.45, 7) is 4.48. The summed E-state index contributed by atoms with van der Waals surface area (Å²) in [6, 6.07) is 8.58. The lowest BCUT2D eigenvalue weighted by molar-refractivity contribution is 0.294. The molecule has 1 aliphatic rings. The third kappa shape index (κ3) is 5.43. The van der Waals surface area contributed by atoms with Gasteiger partial charge in [0, 0.05) is 5.56 Å². The highest BCUT2D eigenvalue weighted by molar-refractivity contribution is 5.38. The molecule has 0 aliphatic heterocycles. The van der Waals surface area contributed by atoms with Crippen LogP contribution in [0, 0.1) is 23.7 Å². The van der Waals surface area contributed by atoms with Crippen LogP contribution in [0.1, 0.15) is 63.5 Å². The molecule has 1 aromatic rings. The Morgan fingerprint density at radius 2 is 1.76 bits per heavy atom. The summed E-state index contributed by atoms with van der Waals surface area (Å²) in [7, 11) is 0. The highest BCUT2D eigenvalue weighted by atomic mass is 14.2. The van der Waals surface area contributed by atoms with Crippen molar-refractivity contribution >= 4 is 0 Å². The van der Waals surface area contributed by atoms with E-state index in [2.05, 4.69) is 62.1 Å². The van der Waals surface area contributed by atoms with E-state index in [1.807, 2.05) is 0 Å². The third-order valence-corrected chi connectivity index (χ3v) is 4.62. The molecule has 1 aromatic carbocycles. The van der Waals surface area contributed by atoms with Crippen molar-refractivity contribution in [3.05, 3.63) is 47.5 Å². The Balaban J connectivity index is 1.79. The predicted octanol–water partition coefficient (Wildman–Crippen LogP) is 5.76. The first-order valence-electron chi connectivity index (χ1n) is 8.59. The number of benzene rings is 1. The van der Waals surface area contributed by atoms with E-state index < -0.39 is 0 Å². The Hall–Kier alpha value is -1.48. The Bertz CT molecular complexity index is 487. The van der Waals surface area contributed by atoms with Gasteiger partial charge in [0.15, 0.2) is 0 Å².